The molecule has 1 N–H and O–H groups in total. The van der Waals surface area contributed by atoms with Crippen LogP contribution in [0.15, 0.2) is 60.9 Å². The normalized spacial score (nSPS) is 15.9. The van der Waals surface area contributed by atoms with Crippen LogP contribution in [0.3, 0.4) is 0 Å². The molecule has 0 amide bonds. The standard InChI is InChI=1S/C24H23N5O3/c1-31-15-16-10-13-29(14-16)23-24(26-12-11-25-23)32-18-8-6-17(7-9-18)21(30)22-27-19-4-2-3-5-20(19)28-22/h2-9,11-12,16H,10,13-15H2,1H3,(H,27,28). The molecule has 5 rings (SSSR count). The Balaban J connectivity index is 1.32. The van der Waals surface area contributed by atoms with Crippen molar-refractivity contribution in [2.75, 3.05) is 31.7 Å². The Morgan fingerprint density at radius 2 is 1.94 bits per heavy atom. The summed E-state index contributed by atoms with van der Waals surface area (Å²) in [5.74, 6) is 2.36. The molecule has 1 fully saturated rings. The molecule has 32 heavy (non-hydrogen) atoms. The summed E-state index contributed by atoms with van der Waals surface area (Å²) in [7, 11) is 1.72. The molecule has 1 saturated heterocycles. The number of aromatic nitrogens is 4. The Bertz CT molecular complexity index is 1200. The maximum absolute atomic E-state index is 12.8. The van der Waals surface area contributed by atoms with Crippen LogP contribution in [-0.4, -0.2) is 52.5 Å². The van der Waals surface area contributed by atoms with Gasteiger partial charge in [0.2, 0.25) is 5.78 Å². The Hall–Kier alpha value is -3.78. The SMILES string of the molecule is COCC1CCN(c2nccnc2Oc2ccc(C(=O)c3nc4ccccc4[nH]3)cc2)C1. The molecule has 2 aromatic heterocycles. The van der Waals surface area contributed by atoms with Crippen molar-refractivity contribution in [2.24, 2.45) is 5.92 Å². The number of carbonyl (C=O) groups excluding carboxylic acids is 1. The number of nitrogens with one attached hydrogen (secondary N) is 1. The minimum Gasteiger partial charge on any atom is -0.436 e. The van der Waals surface area contributed by atoms with Crippen LogP contribution in [-0.2, 0) is 4.74 Å². The van der Waals surface area contributed by atoms with Gasteiger partial charge >= 0.3 is 0 Å². The lowest BCUT2D eigenvalue weighted by molar-refractivity contribution is 0.103. The van der Waals surface area contributed by atoms with Crippen LogP contribution in [0.2, 0.25) is 0 Å². The van der Waals surface area contributed by atoms with Crippen molar-refractivity contribution in [3.8, 4) is 11.6 Å². The van der Waals surface area contributed by atoms with Crippen molar-refractivity contribution < 1.29 is 14.3 Å². The number of carbonyl (C=O) groups is 1. The molecular weight excluding hydrogens is 406 g/mol. The number of hydrogen-bond donors (Lipinski definition) is 1. The summed E-state index contributed by atoms with van der Waals surface area (Å²) in [5.41, 5.74) is 2.12. The maximum Gasteiger partial charge on any atom is 0.263 e. The lowest BCUT2D eigenvalue weighted by Gasteiger charge is -2.19. The summed E-state index contributed by atoms with van der Waals surface area (Å²) in [5, 5.41) is 0. The lowest BCUT2D eigenvalue weighted by atomic mass is 10.1. The van der Waals surface area contributed by atoms with E-state index in [1.807, 2.05) is 24.3 Å². The number of nitrogens with zero attached hydrogens (tertiary/aromatic N) is 4. The van der Waals surface area contributed by atoms with Crippen LogP contribution in [0.1, 0.15) is 22.6 Å². The molecule has 0 bridgehead atoms. The molecule has 1 aliphatic rings. The highest BCUT2D eigenvalue weighted by Gasteiger charge is 2.26. The molecule has 4 aromatic rings. The number of hydrogen-bond acceptors (Lipinski definition) is 7. The molecule has 3 heterocycles. The molecule has 0 aliphatic carbocycles. The van der Waals surface area contributed by atoms with Gasteiger partial charge < -0.3 is 19.4 Å². The van der Waals surface area contributed by atoms with Gasteiger partial charge in [-0.2, -0.15) is 0 Å². The predicted octanol–water partition coefficient (Wildman–Crippen LogP) is 3.85. The smallest absolute Gasteiger partial charge is 0.263 e. The number of aromatic amines is 1. The van der Waals surface area contributed by atoms with E-state index in [0.29, 0.717) is 34.8 Å². The number of ether oxygens (including phenoxy) is 2. The van der Waals surface area contributed by atoms with E-state index in [-0.39, 0.29) is 5.78 Å². The summed E-state index contributed by atoms with van der Waals surface area (Å²) in [4.78, 5) is 31.3. The highest BCUT2D eigenvalue weighted by molar-refractivity contribution is 6.08. The van der Waals surface area contributed by atoms with Gasteiger partial charge in [0.15, 0.2) is 11.6 Å². The maximum atomic E-state index is 12.8. The minimum absolute atomic E-state index is 0.172. The van der Waals surface area contributed by atoms with Crippen molar-refractivity contribution >= 4 is 22.6 Å². The number of anilines is 1. The quantitative estimate of drug-likeness (QED) is 0.446. The summed E-state index contributed by atoms with van der Waals surface area (Å²) in [6, 6.07) is 14.5. The second-order valence-corrected chi connectivity index (χ2v) is 7.80. The van der Waals surface area contributed by atoms with Crippen molar-refractivity contribution in [1.29, 1.82) is 0 Å². The average molecular weight is 429 g/mol. The van der Waals surface area contributed by atoms with E-state index in [0.717, 1.165) is 37.2 Å². The molecule has 8 nitrogen and oxygen atoms in total. The van der Waals surface area contributed by atoms with Gasteiger partial charge in [0.05, 0.1) is 17.6 Å². The van der Waals surface area contributed by atoms with E-state index >= 15 is 0 Å². The van der Waals surface area contributed by atoms with Crippen LogP contribution in [0.4, 0.5) is 5.82 Å². The molecule has 2 aromatic carbocycles. The Kier molecular flexibility index (Phi) is 5.51. The molecule has 8 heteroatoms. The Morgan fingerprint density at radius 3 is 2.75 bits per heavy atom. The fourth-order valence-corrected chi connectivity index (χ4v) is 3.99. The first kappa shape index (κ1) is 20.1. The number of ketones is 1. The van der Waals surface area contributed by atoms with E-state index in [1.54, 1.807) is 43.8 Å². The van der Waals surface area contributed by atoms with Gasteiger partial charge in [-0.15, -0.1) is 0 Å². The van der Waals surface area contributed by atoms with Crippen LogP contribution in [0, 0.1) is 5.92 Å². The van der Waals surface area contributed by atoms with E-state index in [9.17, 15) is 4.79 Å². The number of methoxy groups -OCH3 is 1. The fourth-order valence-electron chi connectivity index (χ4n) is 3.99. The van der Waals surface area contributed by atoms with Gasteiger partial charge in [0.1, 0.15) is 5.75 Å². The number of para-hydroxylation sites is 2. The largest absolute Gasteiger partial charge is 0.436 e. The third-order valence-corrected chi connectivity index (χ3v) is 5.57. The van der Waals surface area contributed by atoms with Gasteiger partial charge in [-0.1, -0.05) is 12.1 Å². The third-order valence-electron chi connectivity index (χ3n) is 5.57. The van der Waals surface area contributed by atoms with Crippen LogP contribution < -0.4 is 9.64 Å². The zero-order valence-electron chi connectivity index (χ0n) is 17.7. The molecule has 0 spiro atoms. The lowest BCUT2D eigenvalue weighted by Crippen LogP contribution is -2.22. The second kappa shape index (κ2) is 8.76. The molecule has 162 valence electrons. The predicted molar refractivity (Wildman–Crippen MR) is 120 cm³/mol. The minimum atomic E-state index is -0.172. The summed E-state index contributed by atoms with van der Waals surface area (Å²) < 4.78 is 11.3. The first-order chi connectivity index (χ1) is 15.7. The highest BCUT2D eigenvalue weighted by Crippen LogP contribution is 2.31. The third kappa shape index (κ3) is 4.04. The number of benzene rings is 2. The monoisotopic (exact) mass is 429 g/mol. The zero-order chi connectivity index (χ0) is 21.9. The van der Waals surface area contributed by atoms with Crippen LogP contribution in [0.5, 0.6) is 11.6 Å². The summed E-state index contributed by atoms with van der Waals surface area (Å²) in [6.07, 6.45) is 4.32. The molecule has 1 unspecified atom stereocenters. The van der Waals surface area contributed by atoms with Crippen LogP contribution in [0.25, 0.3) is 11.0 Å². The van der Waals surface area contributed by atoms with Gasteiger partial charge in [-0.25, -0.2) is 15.0 Å². The second-order valence-electron chi connectivity index (χ2n) is 7.80. The van der Waals surface area contributed by atoms with Gasteiger partial charge in [0.25, 0.3) is 5.88 Å². The van der Waals surface area contributed by atoms with E-state index in [1.165, 1.54) is 0 Å². The van der Waals surface area contributed by atoms with Gasteiger partial charge in [-0.3, -0.25) is 4.79 Å². The summed E-state index contributed by atoms with van der Waals surface area (Å²) >= 11 is 0. The van der Waals surface area contributed by atoms with Crippen molar-refractivity contribution in [3.63, 3.8) is 0 Å². The molecule has 1 atom stereocenters. The van der Waals surface area contributed by atoms with Crippen LogP contribution >= 0.6 is 0 Å². The van der Waals surface area contributed by atoms with E-state index < -0.39 is 0 Å². The number of rotatable bonds is 7. The van der Waals surface area contributed by atoms with Crippen molar-refractivity contribution in [3.05, 3.63) is 72.3 Å². The van der Waals surface area contributed by atoms with Gasteiger partial charge in [-0.05, 0) is 42.8 Å². The molecular formula is C24H23N5O3. The first-order valence-corrected chi connectivity index (χ1v) is 10.5. The number of H-pyrrole nitrogens is 1. The molecule has 1 aliphatic heterocycles. The summed E-state index contributed by atoms with van der Waals surface area (Å²) in [6.45, 7) is 2.47. The Labute approximate surface area is 185 Å². The Morgan fingerprint density at radius 1 is 1.12 bits per heavy atom. The van der Waals surface area contributed by atoms with Gasteiger partial charge in [0, 0.05) is 44.1 Å². The van der Waals surface area contributed by atoms with Crippen molar-refractivity contribution in [1.82, 2.24) is 19.9 Å². The number of imidazole rings is 1. The van der Waals surface area contributed by atoms with E-state index in [2.05, 4.69) is 24.8 Å². The average Bonchev–Trinajstić information content (AvgIpc) is 3.47. The molecule has 0 saturated carbocycles. The topological polar surface area (TPSA) is 93.2 Å². The van der Waals surface area contributed by atoms with Crippen molar-refractivity contribution in [2.45, 2.75) is 6.42 Å². The fraction of sp³-hybridized carbons (Fsp3) is 0.250. The first-order valence-electron chi connectivity index (χ1n) is 10.5. The highest BCUT2D eigenvalue weighted by atomic mass is 16.5. The van der Waals surface area contributed by atoms with E-state index in [4.69, 9.17) is 9.47 Å². The zero-order valence-corrected chi connectivity index (χ0v) is 17.7. The molecule has 0 radical (unpaired) electrons. The number of fused-ring (bicyclic) bond motifs is 1.